The zero-order chi connectivity index (χ0) is 20.4. The van der Waals surface area contributed by atoms with Crippen LogP contribution in [0.15, 0.2) is 91.0 Å². The van der Waals surface area contributed by atoms with Crippen molar-refractivity contribution < 1.29 is 0 Å². The zero-order valence-corrected chi connectivity index (χ0v) is 19.2. The quantitative estimate of drug-likeness (QED) is 0.241. The Morgan fingerprint density at radius 3 is 1.21 bits per heavy atom. The van der Waals surface area contributed by atoms with E-state index in [2.05, 4.69) is 105 Å². The molecule has 1 heteroatoms. The van der Waals surface area contributed by atoms with Gasteiger partial charge in [-0.05, 0) is 0 Å². The molecule has 3 aromatic rings. The standard InChI is InChI=1S/C28H37P/c1-3-4-5-6-7-8-18-25-29(2,26-19-12-9-13-20-26,27-21-14-10-15-22-27)28-23-16-11-17-24-28/h9-17,19-24H,3-8,18,25H2,1-2H3. The Hall–Kier alpha value is -1.91. The van der Waals surface area contributed by atoms with Gasteiger partial charge >= 0.3 is 178 Å². The van der Waals surface area contributed by atoms with Gasteiger partial charge in [0.1, 0.15) is 0 Å². The van der Waals surface area contributed by atoms with Gasteiger partial charge in [-0.1, -0.05) is 0 Å². The van der Waals surface area contributed by atoms with Crippen LogP contribution in [0.25, 0.3) is 0 Å². The molecule has 3 rings (SSSR count). The second-order valence-corrected chi connectivity index (χ2v) is 14.2. The summed E-state index contributed by atoms with van der Waals surface area (Å²) in [5.74, 6) is 0. The Labute approximate surface area is 178 Å². The topological polar surface area (TPSA) is 0 Å². The van der Waals surface area contributed by atoms with Crippen LogP contribution in [0.2, 0.25) is 0 Å². The first-order valence-corrected chi connectivity index (χ1v) is 14.2. The van der Waals surface area contributed by atoms with Gasteiger partial charge in [0.05, 0.1) is 0 Å². The molecule has 0 N–H and O–H groups in total. The molecule has 0 nitrogen and oxygen atoms in total. The number of rotatable bonds is 11. The van der Waals surface area contributed by atoms with Crippen molar-refractivity contribution in [3.63, 3.8) is 0 Å². The normalized spacial score (nSPS) is 13.0. The molecule has 0 saturated heterocycles. The zero-order valence-electron chi connectivity index (χ0n) is 18.3. The second-order valence-electron chi connectivity index (χ2n) is 8.65. The van der Waals surface area contributed by atoms with E-state index in [4.69, 9.17) is 0 Å². The summed E-state index contributed by atoms with van der Waals surface area (Å²) in [7, 11) is 0. The van der Waals surface area contributed by atoms with Crippen molar-refractivity contribution in [3.8, 4) is 0 Å². The van der Waals surface area contributed by atoms with Crippen LogP contribution in [0.1, 0.15) is 51.9 Å². The summed E-state index contributed by atoms with van der Waals surface area (Å²) in [6.07, 6.45) is 10.7. The van der Waals surface area contributed by atoms with Crippen LogP contribution < -0.4 is 15.9 Å². The summed E-state index contributed by atoms with van der Waals surface area (Å²) >= 11 is 0. The summed E-state index contributed by atoms with van der Waals surface area (Å²) in [6, 6.07) is 34.0. The van der Waals surface area contributed by atoms with Crippen molar-refractivity contribution in [2.75, 3.05) is 12.8 Å². The third-order valence-electron chi connectivity index (χ3n) is 6.69. The molecule has 0 fully saturated rings. The minimum atomic E-state index is -2.51. The van der Waals surface area contributed by atoms with Gasteiger partial charge in [0.25, 0.3) is 0 Å². The first kappa shape index (κ1) is 21.8. The van der Waals surface area contributed by atoms with Crippen LogP contribution in [0.5, 0.6) is 0 Å². The van der Waals surface area contributed by atoms with Crippen molar-refractivity contribution in [3.05, 3.63) is 91.0 Å². The molecule has 0 bridgehead atoms. The van der Waals surface area contributed by atoms with Gasteiger partial charge in [-0.25, -0.2) is 0 Å². The summed E-state index contributed by atoms with van der Waals surface area (Å²) in [4.78, 5) is 0. The summed E-state index contributed by atoms with van der Waals surface area (Å²) in [5.41, 5.74) is 0. The Bertz CT molecular complexity index is 740. The molecule has 3 aromatic carbocycles. The van der Waals surface area contributed by atoms with Crippen LogP contribution >= 0.6 is 6.60 Å². The molecule has 0 amide bonds. The van der Waals surface area contributed by atoms with E-state index >= 15 is 0 Å². The first-order valence-electron chi connectivity index (χ1n) is 11.4. The van der Waals surface area contributed by atoms with E-state index in [1.807, 2.05) is 0 Å². The van der Waals surface area contributed by atoms with Crippen LogP contribution in [-0.4, -0.2) is 12.8 Å². The molecule has 154 valence electrons. The second kappa shape index (κ2) is 10.2. The average Bonchev–Trinajstić information content (AvgIpc) is 2.80. The molecule has 0 atom stereocenters. The number of unbranched alkanes of at least 4 members (excludes halogenated alkanes) is 6. The molecule has 0 aliphatic rings. The van der Waals surface area contributed by atoms with Gasteiger partial charge in [0.2, 0.25) is 0 Å². The molecule has 0 aliphatic carbocycles. The van der Waals surface area contributed by atoms with Crippen LogP contribution in [0.3, 0.4) is 0 Å². The summed E-state index contributed by atoms with van der Waals surface area (Å²) in [6.45, 7) is 2.38. The van der Waals surface area contributed by atoms with E-state index in [0.717, 1.165) is 0 Å². The van der Waals surface area contributed by atoms with Gasteiger partial charge < -0.3 is 0 Å². The summed E-state index contributed by atoms with van der Waals surface area (Å²) < 4.78 is 0. The third kappa shape index (κ3) is 4.65. The maximum absolute atomic E-state index is 2.60. The van der Waals surface area contributed by atoms with Crippen molar-refractivity contribution in [1.82, 2.24) is 0 Å². The SMILES string of the molecule is CCCCCCCCCP(C)(c1ccccc1)(c1ccccc1)c1ccccc1. The number of hydrogen-bond donors (Lipinski definition) is 0. The van der Waals surface area contributed by atoms with Crippen molar-refractivity contribution in [2.24, 2.45) is 0 Å². The first-order chi connectivity index (χ1) is 14.2. The van der Waals surface area contributed by atoms with Crippen molar-refractivity contribution >= 4 is 22.5 Å². The molecule has 0 aliphatic heterocycles. The minimum absolute atomic E-state index is 1.25. The Morgan fingerprint density at radius 2 is 0.828 bits per heavy atom. The van der Waals surface area contributed by atoms with Gasteiger partial charge in [0.15, 0.2) is 0 Å². The van der Waals surface area contributed by atoms with Crippen LogP contribution in [-0.2, 0) is 0 Å². The fourth-order valence-corrected chi connectivity index (χ4v) is 10.4. The summed E-state index contributed by atoms with van der Waals surface area (Å²) in [5, 5.41) is 4.55. The Balaban J connectivity index is 2.00. The van der Waals surface area contributed by atoms with E-state index in [1.165, 1.54) is 67.0 Å². The molecule has 0 aromatic heterocycles. The van der Waals surface area contributed by atoms with Gasteiger partial charge in [-0.2, -0.15) is 0 Å². The molecular weight excluding hydrogens is 367 g/mol. The van der Waals surface area contributed by atoms with Crippen LogP contribution in [0, 0.1) is 0 Å². The Morgan fingerprint density at radius 1 is 0.483 bits per heavy atom. The maximum atomic E-state index is 2.60. The van der Waals surface area contributed by atoms with E-state index in [0.29, 0.717) is 0 Å². The predicted octanol–water partition coefficient (Wildman–Crippen LogP) is 6.90. The molecule has 0 radical (unpaired) electrons. The molecule has 0 spiro atoms. The van der Waals surface area contributed by atoms with Gasteiger partial charge in [-0.3, -0.25) is 0 Å². The molecule has 0 unspecified atom stereocenters. The molecule has 0 heterocycles. The van der Waals surface area contributed by atoms with E-state index in [-0.39, 0.29) is 0 Å². The molecule has 0 saturated carbocycles. The van der Waals surface area contributed by atoms with Crippen molar-refractivity contribution in [1.29, 1.82) is 0 Å². The van der Waals surface area contributed by atoms with E-state index in [9.17, 15) is 0 Å². The van der Waals surface area contributed by atoms with Gasteiger partial charge in [0, 0.05) is 0 Å². The fourth-order valence-electron chi connectivity index (χ4n) is 4.79. The monoisotopic (exact) mass is 404 g/mol. The average molecular weight is 405 g/mol. The Kier molecular flexibility index (Phi) is 7.68. The molecule has 29 heavy (non-hydrogen) atoms. The molecular formula is C28H37P. The number of hydrogen-bond acceptors (Lipinski definition) is 0. The predicted molar refractivity (Wildman–Crippen MR) is 134 cm³/mol. The van der Waals surface area contributed by atoms with Crippen molar-refractivity contribution in [2.45, 2.75) is 51.9 Å². The third-order valence-corrected chi connectivity index (χ3v) is 13.2. The number of benzene rings is 3. The van der Waals surface area contributed by atoms with E-state index in [1.54, 1.807) is 0 Å². The van der Waals surface area contributed by atoms with Gasteiger partial charge in [-0.15, -0.1) is 0 Å². The van der Waals surface area contributed by atoms with E-state index < -0.39 is 6.60 Å². The fraction of sp³-hybridized carbons (Fsp3) is 0.357. The van der Waals surface area contributed by atoms with Crippen LogP contribution in [0.4, 0.5) is 0 Å².